The van der Waals surface area contributed by atoms with Crippen molar-refractivity contribution >= 4 is 5.82 Å². The molecule has 0 spiro atoms. The average molecular weight is 262 g/mol. The molecule has 1 fully saturated rings. The highest BCUT2D eigenvalue weighted by atomic mass is 15.2. The van der Waals surface area contributed by atoms with Crippen molar-refractivity contribution in [2.24, 2.45) is 0 Å². The minimum atomic E-state index is 0.247. The number of anilines is 1. The summed E-state index contributed by atoms with van der Waals surface area (Å²) in [6.45, 7) is 0. The van der Waals surface area contributed by atoms with E-state index in [0.29, 0.717) is 11.9 Å². The van der Waals surface area contributed by atoms with E-state index >= 15 is 0 Å². The van der Waals surface area contributed by atoms with Gasteiger partial charge in [-0.15, -0.1) is 0 Å². The summed E-state index contributed by atoms with van der Waals surface area (Å²) in [5, 5.41) is 3.52. The fourth-order valence-electron chi connectivity index (χ4n) is 3.50. The molecule has 1 heterocycles. The van der Waals surface area contributed by atoms with Crippen molar-refractivity contribution in [2.75, 3.05) is 26.9 Å². The molecule has 0 saturated heterocycles. The highest BCUT2D eigenvalue weighted by Crippen LogP contribution is 2.38. The first-order valence-corrected chi connectivity index (χ1v) is 7.14. The first-order chi connectivity index (χ1) is 9.10. The molecular weight excluding hydrogens is 236 g/mol. The maximum Gasteiger partial charge on any atom is 0.126 e. The van der Waals surface area contributed by atoms with Crippen LogP contribution in [0.2, 0.25) is 0 Å². The summed E-state index contributed by atoms with van der Waals surface area (Å²) in [5.74, 6) is 0.662. The van der Waals surface area contributed by atoms with Crippen molar-refractivity contribution in [3.63, 3.8) is 0 Å². The van der Waals surface area contributed by atoms with E-state index in [1.54, 1.807) is 6.20 Å². The molecule has 1 unspecified atom stereocenters. The Labute approximate surface area is 116 Å². The lowest BCUT2D eigenvalue weighted by molar-refractivity contribution is 0.108. The van der Waals surface area contributed by atoms with E-state index in [9.17, 15) is 0 Å². The van der Waals surface area contributed by atoms with Gasteiger partial charge < -0.3 is 16.0 Å². The SMILES string of the molecule is CNC(Cc1cccnc1N)C1(N(C)C)CCCC1. The zero-order valence-electron chi connectivity index (χ0n) is 12.3. The zero-order valence-corrected chi connectivity index (χ0v) is 12.3. The van der Waals surface area contributed by atoms with E-state index in [0.717, 1.165) is 12.0 Å². The number of pyridine rings is 1. The van der Waals surface area contributed by atoms with Crippen molar-refractivity contribution < 1.29 is 0 Å². The standard InChI is InChI=1S/C15H26N4/c1-17-13(11-12-7-6-10-18-14(12)16)15(19(2)3)8-4-5-9-15/h6-7,10,13,17H,4-5,8-9,11H2,1-3H3,(H2,16,18). The predicted molar refractivity (Wildman–Crippen MR) is 80.1 cm³/mol. The van der Waals surface area contributed by atoms with Gasteiger partial charge in [0.05, 0.1) is 0 Å². The minimum absolute atomic E-state index is 0.247. The van der Waals surface area contributed by atoms with Crippen LogP contribution in [0.4, 0.5) is 5.82 Å². The summed E-state index contributed by atoms with van der Waals surface area (Å²) in [6.07, 6.45) is 7.84. The van der Waals surface area contributed by atoms with Gasteiger partial charge in [0.15, 0.2) is 0 Å². The smallest absolute Gasteiger partial charge is 0.126 e. The molecule has 0 bridgehead atoms. The number of nitrogens with two attached hydrogens (primary N) is 1. The molecule has 4 nitrogen and oxygen atoms in total. The molecule has 0 aromatic carbocycles. The van der Waals surface area contributed by atoms with Gasteiger partial charge in [-0.1, -0.05) is 18.9 Å². The van der Waals surface area contributed by atoms with Crippen LogP contribution in [-0.2, 0) is 6.42 Å². The highest BCUT2D eigenvalue weighted by molar-refractivity contribution is 5.39. The van der Waals surface area contributed by atoms with Gasteiger partial charge in [-0.3, -0.25) is 0 Å². The van der Waals surface area contributed by atoms with Crippen LogP contribution in [0.25, 0.3) is 0 Å². The number of hydrogen-bond donors (Lipinski definition) is 2. The van der Waals surface area contributed by atoms with Crippen LogP contribution < -0.4 is 11.1 Å². The second kappa shape index (κ2) is 5.88. The third-order valence-corrected chi connectivity index (χ3v) is 4.71. The maximum atomic E-state index is 5.99. The molecule has 0 radical (unpaired) electrons. The Morgan fingerprint density at radius 2 is 2.11 bits per heavy atom. The average Bonchev–Trinajstić information content (AvgIpc) is 2.88. The molecule has 1 saturated carbocycles. The van der Waals surface area contributed by atoms with Gasteiger partial charge in [0.25, 0.3) is 0 Å². The lowest BCUT2D eigenvalue weighted by Gasteiger charge is -2.43. The number of nitrogen functional groups attached to an aromatic ring is 1. The minimum Gasteiger partial charge on any atom is -0.383 e. The van der Waals surface area contributed by atoms with E-state index in [1.807, 2.05) is 6.07 Å². The van der Waals surface area contributed by atoms with Crippen molar-refractivity contribution in [3.8, 4) is 0 Å². The number of hydrogen-bond acceptors (Lipinski definition) is 4. The monoisotopic (exact) mass is 262 g/mol. The Morgan fingerprint density at radius 3 is 2.63 bits per heavy atom. The van der Waals surface area contributed by atoms with Crippen LogP contribution in [0.15, 0.2) is 18.3 Å². The van der Waals surface area contributed by atoms with Gasteiger partial charge in [0.1, 0.15) is 5.82 Å². The second-order valence-electron chi connectivity index (χ2n) is 5.80. The molecule has 19 heavy (non-hydrogen) atoms. The topological polar surface area (TPSA) is 54.2 Å². The van der Waals surface area contributed by atoms with E-state index in [4.69, 9.17) is 5.73 Å². The number of aromatic nitrogens is 1. The van der Waals surface area contributed by atoms with Gasteiger partial charge in [-0.05, 0) is 52.0 Å². The molecule has 1 atom stereocenters. The molecule has 3 N–H and O–H groups in total. The predicted octanol–water partition coefficient (Wildman–Crippen LogP) is 1.67. The third-order valence-electron chi connectivity index (χ3n) is 4.71. The summed E-state index contributed by atoms with van der Waals surface area (Å²) in [7, 11) is 6.45. The van der Waals surface area contributed by atoms with Crippen molar-refractivity contribution in [1.29, 1.82) is 0 Å². The van der Waals surface area contributed by atoms with Crippen LogP contribution in [-0.4, -0.2) is 42.6 Å². The van der Waals surface area contributed by atoms with Crippen LogP contribution in [0.5, 0.6) is 0 Å². The Bertz CT molecular complexity index is 410. The Balaban J connectivity index is 2.22. The largest absolute Gasteiger partial charge is 0.383 e. The summed E-state index contributed by atoms with van der Waals surface area (Å²) < 4.78 is 0. The van der Waals surface area contributed by atoms with Gasteiger partial charge >= 0.3 is 0 Å². The lowest BCUT2D eigenvalue weighted by Crippen LogP contribution is -2.57. The molecule has 2 rings (SSSR count). The molecule has 1 aromatic rings. The second-order valence-corrected chi connectivity index (χ2v) is 5.80. The maximum absolute atomic E-state index is 5.99. The molecule has 106 valence electrons. The van der Waals surface area contributed by atoms with Gasteiger partial charge in [-0.25, -0.2) is 4.98 Å². The number of rotatable bonds is 5. The van der Waals surface area contributed by atoms with Gasteiger partial charge in [0, 0.05) is 17.8 Å². The third kappa shape index (κ3) is 2.74. The summed E-state index contributed by atoms with van der Waals surface area (Å²) >= 11 is 0. The molecule has 0 aliphatic heterocycles. The summed E-state index contributed by atoms with van der Waals surface area (Å²) in [6, 6.07) is 4.47. The molecule has 1 aromatic heterocycles. The Morgan fingerprint density at radius 1 is 1.42 bits per heavy atom. The fraction of sp³-hybridized carbons (Fsp3) is 0.667. The molecule has 1 aliphatic carbocycles. The van der Waals surface area contributed by atoms with E-state index < -0.39 is 0 Å². The summed E-state index contributed by atoms with van der Waals surface area (Å²) in [5.41, 5.74) is 7.38. The molecule has 1 aliphatic rings. The summed E-state index contributed by atoms with van der Waals surface area (Å²) in [4.78, 5) is 6.59. The van der Waals surface area contributed by atoms with Crippen LogP contribution in [0.1, 0.15) is 31.2 Å². The number of nitrogens with zero attached hydrogens (tertiary/aromatic N) is 2. The molecule has 0 amide bonds. The van der Waals surface area contributed by atoms with Crippen molar-refractivity contribution in [2.45, 2.75) is 43.7 Å². The van der Waals surface area contributed by atoms with Crippen LogP contribution in [0, 0.1) is 0 Å². The fourth-order valence-corrected chi connectivity index (χ4v) is 3.50. The van der Waals surface area contributed by atoms with Gasteiger partial charge in [-0.2, -0.15) is 0 Å². The van der Waals surface area contributed by atoms with E-state index in [1.165, 1.54) is 25.7 Å². The quantitative estimate of drug-likeness (QED) is 0.847. The van der Waals surface area contributed by atoms with Crippen LogP contribution >= 0.6 is 0 Å². The highest BCUT2D eigenvalue weighted by Gasteiger charge is 2.42. The number of nitrogens with one attached hydrogen (secondary N) is 1. The van der Waals surface area contributed by atoms with E-state index in [-0.39, 0.29) is 5.54 Å². The lowest BCUT2D eigenvalue weighted by atomic mass is 9.83. The van der Waals surface area contributed by atoms with Gasteiger partial charge in [0.2, 0.25) is 0 Å². The Kier molecular flexibility index (Phi) is 4.42. The van der Waals surface area contributed by atoms with Crippen molar-refractivity contribution in [3.05, 3.63) is 23.9 Å². The first-order valence-electron chi connectivity index (χ1n) is 7.14. The van der Waals surface area contributed by atoms with E-state index in [2.05, 4.69) is 42.4 Å². The van der Waals surface area contributed by atoms with Crippen LogP contribution in [0.3, 0.4) is 0 Å². The zero-order chi connectivity index (χ0) is 13.9. The molecular formula is C15H26N4. The normalized spacial score (nSPS) is 19.8. The Hall–Kier alpha value is -1.13. The number of likely N-dealkylation sites (N-methyl/N-ethyl adjacent to an activating group) is 2. The van der Waals surface area contributed by atoms with Crippen molar-refractivity contribution in [1.82, 2.24) is 15.2 Å². The first kappa shape index (κ1) is 14.3. The molecule has 4 heteroatoms.